The van der Waals surface area contributed by atoms with E-state index in [2.05, 4.69) is 20.6 Å². The molecule has 0 radical (unpaired) electrons. The van der Waals surface area contributed by atoms with Gasteiger partial charge in [-0.1, -0.05) is 5.92 Å². The fourth-order valence-corrected chi connectivity index (χ4v) is 1.06. The van der Waals surface area contributed by atoms with E-state index in [0.717, 1.165) is 11.0 Å². The van der Waals surface area contributed by atoms with E-state index in [4.69, 9.17) is 6.42 Å². The molecule has 0 aliphatic carbocycles. The molecule has 4 heteroatoms. The molecule has 1 N–H and O–H groups in total. The summed E-state index contributed by atoms with van der Waals surface area (Å²) < 4.78 is 3.97. The Morgan fingerprint density at radius 2 is 2.60 bits per heavy atom. The van der Waals surface area contributed by atoms with Crippen molar-refractivity contribution in [2.75, 3.05) is 11.9 Å². The molecule has 0 saturated carbocycles. The Labute approximate surface area is 63.7 Å². The zero-order valence-corrected chi connectivity index (χ0v) is 6.40. The third-order valence-corrected chi connectivity index (χ3v) is 1.63. The highest BCUT2D eigenvalue weighted by atomic mass is 32.1. The van der Waals surface area contributed by atoms with Crippen molar-refractivity contribution in [2.24, 2.45) is 0 Å². The maximum Gasteiger partial charge on any atom is 0.203 e. The summed E-state index contributed by atoms with van der Waals surface area (Å²) in [6, 6.07) is 0. The summed E-state index contributed by atoms with van der Waals surface area (Å²) in [6.07, 6.45) is 5.03. The third kappa shape index (κ3) is 1.71. The van der Waals surface area contributed by atoms with Gasteiger partial charge in [0.15, 0.2) is 0 Å². The van der Waals surface area contributed by atoms with E-state index in [1.807, 2.05) is 6.92 Å². The largest absolute Gasteiger partial charge is 0.349 e. The smallest absolute Gasteiger partial charge is 0.203 e. The summed E-state index contributed by atoms with van der Waals surface area (Å²) in [5.74, 6) is 3.24. The summed E-state index contributed by atoms with van der Waals surface area (Å²) in [5.41, 5.74) is 0. The lowest BCUT2D eigenvalue weighted by Crippen LogP contribution is -1.96. The van der Waals surface area contributed by atoms with Crippen LogP contribution in [0.1, 0.15) is 5.82 Å². The molecular weight excluding hydrogens is 146 g/mol. The molecule has 1 heterocycles. The van der Waals surface area contributed by atoms with Crippen LogP contribution in [-0.4, -0.2) is 15.9 Å². The van der Waals surface area contributed by atoms with Crippen LogP contribution in [0.2, 0.25) is 0 Å². The number of anilines is 1. The van der Waals surface area contributed by atoms with Gasteiger partial charge in [0, 0.05) is 11.5 Å². The highest BCUT2D eigenvalue weighted by Gasteiger charge is 1.95. The van der Waals surface area contributed by atoms with Crippen molar-refractivity contribution < 1.29 is 0 Å². The first-order chi connectivity index (χ1) is 4.83. The van der Waals surface area contributed by atoms with E-state index >= 15 is 0 Å². The van der Waals surface area contributed by atoms with Gasteiger partial charge in [0.25, 0.3) is 0 Å². The second-order valence-electron chi connectivity index (χ2n) is 1.70. The molecule has 0 fully saturated rings. The van der Waals surface area contributed by atoms with Crippen molar-refractivity contribution >= 4 is 16.7 Å². The van der Waals surface area contributed by atoms with Crippen LogP contribution in [0, 0.1) is 19.3 Å². The summed E-state index contributed by atoms with van der Waals surface area (Å²) in [5, 5.41) is 3.71. The summed E-state index contributed by atoms with van der Waals surface area (Å²) in [6.45, 7) is 2.35. The molecule has 0 aromatic carbocycles. The van der Waals surface area contributed by atoms with Gasteiger partial charge >= 0.3 is 0 Å². The number of rotatable bonds is 2. The first kappa shape index (κ1) is 7.03. The molecule has 1 aromatic rings. The lowest BCUT2D eigenvalue weighted by Gasteiger charge is -1.90. The van der Waals surface area contributed by atoms with E-state index in [9.17, 15) is 0 Å². The Kier molecular flexibility index (Phi) is 2.24. The molecule has 0 unspecified atom stereocenters. The molecule has 0 amide bonds. The fraction of sp³-hybridized carbons (Fsp3) is 0.333. The first-order valence-corrected chi connectivity index (χ1v) is 3.58. The Balaban J connectivity index is 2.52. The third-order valence-electron chi connectivity index (χ3n) is 0.869. The van der Waals surface area contributed by atoms with E-state index < -0.39 is 0 Å². The van der Waals surface area contributed by atoms with Crippen molar-refractivity contribution in [1.82, 2.24) is 9.36 Å². The minimum absolute atomic E-state index is 0.509. The lowest BCUT2D eigenvalue weighted by molar-refractivity contribution is 1.15. The van der Waals surface area contributed by atoms with Crippen LogP contribution in [0.25, 0.3) is 0 Å². The van der Waals surface area contributed by atoms with E-state index in [1.165, 1.54) is 11.5 Å². The van der Waals surface area contributed by atoms with Gasteiger partial charge in [-0.25, -0.2) is 4.98 Å². The molecule has 0 bridgehead atoms. The standard InChI is InChI=1S/C6H7N3S/c1-3-4-7-6-8-5(2)9-10-6/h1H,4H2,2H3,(H,7,8,9). The van der Waals surface area contributed by atoms with Crippen LogP contribution in [0.5, 0.6) is 0 Å². The minimum Gasteiger partial charge on any atom is -0.349 e. The molecule has 0 saturated heterocycles. The zero-order valence-electron chi connectivity index (χ0n) is 5.59. The Morgan fingerprint density at radius 3 is 3.10 bits per heavy atom. The molecule has 52 valence electrons. The van der Waals surface area contributed by atoms with Crippen molar-refractivity contribution in [3.63, 3.8) is 0 Å². The van der Waals surface area contributed by atoms with Crippen molar-refractivity contribution in [1.29, 1.82) is 0 Å². The minimum atomic E-state index is 0.509. The lowest BCUT2D eigenvalue weighted by atomic mass is 10.7. The molecule has 0 spiro atoms. The number of terminal acetylenes is 1. The number of nitrogens with one attached hydrogen (secondary N) is 1. The van der Waals surface area contributed by atoms with Gasteiger partial charge in [0.1, 0.15) is 5.82 Å². The number of aryl methyl sites for hydroxylation is 1. The van der Waals surface area contributed by atoms with Crippen LogP contribution >= 0.6 is 11.5 Å². The molecular formula is C6H7N3S. The summed E-state index contributed by atoms with van der Waals surface area (Å²) in [7, 11) is 0. The topological polar surface area (TPSA) is 37.8 Å². The van der Waals surface area contributed by atoms with Crippen LogP contribution in [0.4, 0.5) is 5.13 Å². The Hall–Kier alpha value is -1.08. The average Bonchev–Trinajstić information content (AvgIpc) is 2.31. The zero-order chi connectivity index (χ0) is 7.40. The molecule has 10 heavy (non-hydrogen) atoms. The normalized spacial score (nSPS) is 8.80. The maximum atomic E-state index is 5.03. The molecule has 0 aliphatic rings. The van der Waals surface area contributed by atoms with Gasteiger partial charge in [-0.3, -0.25) is 0 Å². The maximum absolute atomic E-state index is 5.03. The second kappa shape index (κ2) is 3.18. The van der Waals surface area contributed by atoms with Crippen molar-refractivity contribution in [2.45, 2.75) is 6.92 Å². The van der Waals surface area contributed by atoms with Crippen LogP contribution in [0.15, 0.2) is 0 Å². The first-order valence-electron chi connectivity index (χ1n) is 2.80. The monoisotopic (exact) mass is 153 g/mol. The summed E-state index contributed by atoms with van der Waals surface area (Å²) in [4.78, 5) is 4.05. The van der Waals surface area contributed by atoms with Gasteiger partial charge in [0.05, 0.1) is 6.54 Å². The molecule has 1 aromatic heterocycles. The van der Waals surface area contributed by atoms with E-state index in [0.29, 0.717) is 6.54 Å². The molecule has 1 rings (SSSR count). The van der Waals surface area contributed by atoms with Crippen LogP contribution in [0.3, 0.4) is 0 Å². The highest BCUT2D eigenvalue weighted by Crippen LogP contribution is 2.08. The number of aromatic nitrogens is 2. The molecule has 0 atom stereocenters. The van der Waals surface area contributed by atoms with Gasteiger partial charge in [0.2, 0.25) is 5.13 Å². The van der Waals surface area contributed by atoms with E-state index in [1.54, 1.807) is 0 Å². The number of nitrogens with zero attached hydrogens (tertiary/aromatic N) is 2. The Morgan fingerprint density at radius 1 is 1.80 bits per heavy atom. The predicted octanol–water partition coefficient (Wildman–Crippen LogP) is 0.892. The quantitative estimate of drug-likeness (QED) is 0.641. The Bertz CT molecular complexity index is 248. The van der Waals surface area contributed by atoms with Crippen LogP contribution < -0.4 is 5.32 Å². The average molecular weight is 153 g/mol. The fourth-order valence-electron chi connectivity index (χ4n) is 0.496. The van der Waals surface area contributed by atoms with Gasteiger partial charge in [-0.2, -0.15) is 4.37 Å². The predicted molar refractivity (Wildman–Crippen MR) is 42.0 cm³/mol. The van der Waals surface area contributed by atoms with Gasteiger partial charge in [-0.05, 0) is 6.92 Å². The van der Waals surface area contributed by atoms with Crippen molar-refractivity contribution in [3.05, 3.63) is 5.82 Å². The highest BCUT2D eigenvalue weighted by molar-refractivity contribution is 7.09. The molecule has 0 aliphatic heterocycles. The summed E-state index contributed by atoms with van der Waals surface area (Å²) >= 11 is 1.32. The number of hydrogen-bond donors (Lipinski definition) is 1. The van der Waals surface area contributed by atoms with Gasteiger partial charge < -0.3 is 5.32 Å². The van der Waals surface area contributed by atoms with E-state index in [-0.39, 0.29) is 0 Å². The second-order valence-corrected chi connectivity index (χ2v) is 2.46. The number of hydrogen-bond acceptors (Lipinski definition) is 4. The SMILES string of the molecule is C#CCNc1nc(C)ns1. The van der Waals surface area contributed by atoms with Gasteiger partial charge in [-0.15, -0.1) is 6.42 Å². The van der Waals surface area contributed by atoms with Crippen LogP contribution in [-0.2, 0) is 0 Å². The molecule has 3 nitrogen and oxygen atoms in total. The van der Waals surface area contributed by atoms with Crippen molar-refractivity contribution in [3.8, 4) is 12.3 Å².